The van der Waals surface area contributed by atoms with E-state index in [0.29, 0.717) is 19.4 Å². The number of aryl methyl sites for hydroxylation is 1. The quantitative estimate of drug-likeness (QED) is 0.353. The summed E-state index contributed by atoms with van der Waals surface area (Å²) < 4.78 is 0. The smallest absolute Gasteiger partial charge is 0.243 e. The molecule has 1 fully saturated rings. The molecule has 2 aromatic rings. The minimum atomic E-state index is -0.886. The van der Waals surface area contributed by atoms with E-state index in [1.54, 1.807) is 0 Å². The molecule has 0 bridgehead atoms. The van der Waals surface area contributed by atoms with Crippen LogP contribution >= 0.6 is 0 Å². The summed E-state index contributed by atoms with van der Waals surface area (Å²) in [5, 5.41) is 11.4. The average molecular weight is 507 g/mol. The lowest BCUT2D eigenvalue weighted by atomic mass is 9.91. The Labute approximate surface area is 219 Å². The first kappa shape index (κ1) is 27.9. The van der Waals surface area contributed by atoms with E-state index in [0.717, 1.165) is 17.5 Å². The third kappa shape index (κ3) is 9.37. The Morgan fingerprint density at radius 1 is 0.865 bits per heavy atom. The highest BCUT2D eigenvalue weighted by atomic mass is 16.2. The lowest BCUT2D eigenvalue weighted by Gasteiger charge is -2.28. The number of benzene rings is 2. The van der Waals surface area contributed by atoms with E-state index < -0.39 is 18.0 Å². The van der Waals surface area contributed by atoms with Gasteiger partial charge >= 0.3 is 0 Å². The van der Waals surface area contributed by atoms with Crippen molar-refractivity contribution in [3.05, 3.63) is 71.8 Å². The number of rotatable bonds is 12. The molecule has 0 unspecified atom stereocenters. The van der Waals surface area contributed by atoms with Crippen LogP contribution in [0, 0.1) is 5.92 Å². The monoisotopic (exact) mass is 506 g/mol. The number of hydrogen-bond acceptors (Lipinski definition) is 4. The highest BCUT2D eigenvalue weighted by molar-refractivity contribution is 5.93. The fourth-order valence-electron chi connectivity index (χ4n) is 4.46. The summed E-state index contributed by atoms with van der Waals surface area (Å²) in [5.41, 5.74) is 1.93. The highest BCUT2D eigenvalue weighted by Crippen LogP contribution is 2.18. The van der Waals surface area contributed by atoms with Crippen molar-refractivity contribution >= 4 is 23.6 Å². The first-order chi connectivity index (χ1) is 17.8. The molecular formula is C29H38N4O4. The first-order valence-electron chi connectivity index (χ1n) is 13.1. The Morgan fingerprint density at radius 2 is 1.49 bits per heavy atom. The van der Waals surface area contributed by atoms with Crippen molar-refractivity contribution < 1.29 is 19.2 Å². The average Bonchev–Trinajstić information content (AvgIpc) is 2.88. The summed E-state index contributed by atoms with van der Waals surface area (Å²) in [7, 11) is 0. The van der Waals surface area contributed by atoms with Crippen LogP contribution in [0.15, 0.2) is 60.7 Å². The molecule has 0 radical (unpaired) electrons. The van der Waals surface area contributed by atoms with Crippen LogP contribution in [0.2, 0.25) is 0 Å². The molecular weight excluding hydrogens is 468 g/mol. The summed E-state index contributed by atoms with van der Waals surface area (Å²) in [6, 6.07) is 17.3. The Kier molecular flexibility index (Phi) is 10.7. The van der Waals surface area contributed by atoms with Gasteiger partial charge in [-0.3, -0.25) is 19.2 Å². The van der Waals surface area contributed by atoms with Crippen LogP contribution in [0.5, 0.6) is 0 Å². The molecule has 0 aliphatic carbocycles. The third-order valence-corrected chi connectivity index (χ3v) is 6.40. The normalized spacial score (nSPS) is 16.8. The van der Waals surface area contributed by atoms with E-state index >= 15 is 0 Å². The Balaban J connectivity index is 1.72. The second kappa shape index (κ2) is 14.2. The molecule has 3 rings (SSSR count). The van der Waals surface area contributed by atoms with Gasteiger partial charge in [-0.15, -0.1) is 0 Å². The van der Waals surface area contributed by atoms with Gasteiger partial charge in [-0.25, -0.2) is 0 Å². The van der Waals surface area contributed by atoms with E-state index in [-0.39, 0.29) is 48.9 Å². The van der Waals surface area contributed by atoms with E-state index in [1.807, 2.05) is 74.5 Å². The molecule has 3 atom stereocenters. The second-order valence-corrected chi connectivity index (χ2v) is 9.89. The van der Waals surface area contributed by atoms with Crippen molar-refractivity contribution in [2.24, 2.45) is 5.92 Å². The van der Waals surface area contributed by atoms with Crippen LogP contribution < -0.4 is 21.3 Å². The zero-order valence-electron chi connectivity index (χ0n) is 21.7. The molecule has 2 aromatic carbocycles. The second-order valence-electron chi connectivity index (χ2n) is 9.89. The topological polar surface area (TPSA) is 116 Å². The molecule has 37 heavy (non-hydrogen) atoms. The van der Waals surface area contributed by atoms with Gasteiger partial charge in [0.05, 0.1) is 0 Å². The van der Waals surface area contributed by atoms with Crippen LogP contribution in [0.1, 0.15) is 50.7 Å². The molecule has 1 heterocycles. The van der Waals surface area contributed by atoms with Gasteiger partial charge in [-0.2, -0.15) is 0 Å². The van der Waals surface area contributed by atoms with Crippen molar-refractivity contribution in [2.75, 3.05) is 6.54 Å². The van der Waals surface area contributed by atoms with Gasteiger partial charge in [0.15, 0.2) is 0 Å². The number of nitrogens with one attached hydrogen (secondary N) is 4. The van der Waals surface area contributed by atoms with E-state index in [2.05, 4.69) is 21.3 Å². The zero-order valence-corrected chi connectivity index (χ0v) is 21.7. The first-order valence-corrected chi connectivity index (χ1v) is 13.1. The molecule has 0 saturated carbocycles. The molecule has 0 spiro atoms. The summed E-state index contributed by atoms with van der Waals surface area (Å²) in [6.07, 6.45) is 2.78. The maximum absolute atomic E-state index is 13.5. The van der Waals surface area contributed by atoms with Gasteiger partial charge in [0.1, 0.15) is 12.1 Å². The summed E-state index contributed by atoms with van der Waals surface area (Å²) in [5.74, 6) is -1.48. The van der Waals surface area contributed by atoms with Gasteiger partial charge in [-0.05, 0) is 50.7 Å². The number of carbonyl (C=O) groups is 4. The van der Waals surface area contributed by atoms with Crippen LogP contribution in [-0.4, -0.2) is 48.3 Å². The molecule has 4 amide bonds. The fourth-order valence-corrected chi connectivity index (χ4v) is 4.46. The predicted octanol–water partition coefficient (Wildman–Crippen LogP) is 2.27. The number of piperidine rings is 1. The largest absolute Gasteiger partial charge is 0.356 e. The molecule has 8 nitrogen and oxygen atoms in total. The van der Waals surface area contributed by atoms with E-state index in [9.17, 15) is 19.2 Å². The SMILES string of the molecule is CC(C)NC(=O)[C@H](C[C@H]1CCCNC1=O)NC(=O)[C@H](Cc1ccccc1)NC(=O)CCc1ccccc1. The summed E-state index contributed by atoms with van der Waals surface area (Å²) in [6.45, 7) is 4.31. The van der Waals surface area contributed by atoms with Gasteiger partial charge in [0.25, 0.3) is 0 Å². The van der Waals surface area contributed by atoms with Crippen LogP contribution in [-0.2, 0) is 32.0 Å². The Morgan fingerprint density at radius 3 is 2.11 bits per heavy atom. The molecule has 1 saturated heterocycles. The van der Waals surface area contributed by atoms with Gasteiger partial charge in [-0.1, -0.05) is 60.7 Å². The third-order valence-electron chi connectivity index (χ3n) is 6.40. The van der Waals surface area contributed by atoms with Crippen LogP contribution in [0.25, 0.3) is 0 Å². The lowest BCUT2D eigenvalue weighted by Crippen LogP contribution is -2.56. The minimum Gasteiger partial charge on any atom is -0.356 e. The Hall–Kier alpha value is -3.68. The molecule has 8 heteroatoms. The maximum Gasteiger partial charge on any atom is 0.243 e. The van der Waals surface area contributed by atoms with Crippen molar-refractivity contribution in [2.45, 2.75) is 70.5 Å². The van der Waals surface area contributed by atoms with Crippen molar-refractivity contribution in [3.63, 3.8) is 0 Å². The van der Waals surface area contributed by atoms with Crippen LogP contribution in [0.3, 0.4) is 0 Å². The maximum atomic E-state index is 13.5. The Bertz CT molecular complexity index is 1040. The molecule has 198 valence electrons. The molecule has 4 N–H and O–H groups in total. The lowest BCUT2D eigenvalue weighted by molar-refractivity contribution is -0.133. The van der Waals surface area contributed by atoms with Crippen molar-refractivity contribution in [1.82, 2.24) is 21.3 Å². The number of amides is 4. The molecule has 1 aliphatic rings. The van der Waals surface area contributed by atoms with Gasteiger partial charge in [0, 0.05) is 31.3 Å². The fraction of sp³-hybridized carbons (Fsp3) is 0.448. The van der Waals surface area contributed by atoms with E-state index in [1.165, 1.54) is 0 Å². The number of hydrogen-bond donors (Lipinski definition) is 4. The summed E-state index contributed by atoms with van der Waals surface area (Å²) in [4.78, 5) is 51.6. The molecule has 0 aromatic heterocycles. The highest BCUT2D eigenvalue weighted by Gasteiger charge is 2.32. The molecule has 1 aliphatic heterocycles. The zero-order chi connectivity index (χ0) is 26.6. The van der Waals surface area contributed by atoms with E-state index in [4.69, 9.17) is 0 Å². The van der Waals surface area contributed by atoms with Gasteiger partial charge < -0.3 is 21.3 Å². The predicted molar refractivity (Wildman–Crippen MR) is 142 cm³/mol. The van der Waals surface area contributed by atoms with Crippen LogP contribution in [0.4, 0.5) is 0 Å². The van der Waals surface area contributed by atoms with Crippen molar-refractivity contribution in [3.8, 4) is 0 Å². The minimum absolute atomic E-state index is 0.0992. The van der Waals surface area contributed by atoms with Gasteiger partial charge in [0.2, 0.25) is 23.6 Å². The van der Waals surface area contributed by atoms with Crippen molar-refractivity contribution in [1.29, 1.82) is 0 Å². The summed E-state index contributed by atoms with van der Waals surface area (Å²) >= 11 is 0. The number of carbonyl (C=O) groups excluding carboxylic acids is 4. The standard InChI is InChI=1S/C29H38N4O4/c1-20(2)31-28(36)25(19-23-14-9-17-30-27(23)35)33-29(37)24(18-22-12-7-4-8-13-22)32-26(34)16-15-21-10-5-3-6-11-21/h3-8,10-13,20,23-25H,9,14-19H2,1-2H3,(H,30,35)(H,31,36)(H,32,34)(H,33,37)/t23-,24+,25+/m1/s1.